The average Bonchev–Trinajstić information content (AvgIpc) is 2.88. The predicted molar refractivity (Wildman–Crippen MR) is 81.6 cm³/mol. The van der Waals surface area contributed by atoms with Crippen molar-refractivity contribution in [2.24, 2.45) is 0 Å². The van der Waals surface area contributed by atoms with E-state index >= 15 is 0 Å². The van der Waals surface area contributed by atoms with Crippen molar-refractivity contribution in [3.05, 3.63) is 28.3 Å². The largest absolute Gasteiger partial charge is 0.423 e. The normalized spacial score (nSPS) is 11.2. The van der Waals surface area contributed by atoms with Gasteiger partial charge < -0.3 is 14.6 Å². The van der Waals surface area contributed by atoms with E-state index in [9.17, 15) is 10.1 Å². The number of aromatic nitrogens is 1. The molecule has 0 fully saturated rings. The molecule has 0 spiro atoms. The van der Waals surface area contributed by atoms with Crippen LogP contribution in [0.5, 0.6) is 0 Å². The molecule has 2 rings (SSSR count). The van der Waals surface area contributed by atoms with Crippen LogP contribution in [-0.2, 0) is 0 Å². The van der Waals surface area contributed by atoms with E-state index in [1.54, 1.807) is 12.1 Å². The van der Waals surface area contributed by atoms with E-state index in [0.29, 0.717) is 18.1 Å². The van der Waals surface area contributed by atoms with Crippen LogP contribution < -0.4 is 5.32 Å². The minimum absolute atomic E-state index is 0.0366. The minimum atomic E-state index is -0.450. The first-order valence-electron chi connectivity index (χ1n) is 7.15. The first kappa shape index (κ1) is 15.2. The number of rotatable bonds is 8. The molecule has 0 amide bonds. The summed E-state index contributed by atoms with van der Waals surface area (Å²) >= 11 is 0. The van der Waals surface area contributed by atoms with Crippen molar-refractivity contribution in [3.63, 3.8) is 0 Å². The van der Waals surface area contributed by atoms with Crippen LogP contribution in [-0.4, -0.2) is 41.0 Å². The molecule has 1 heterocycles. The zero-order chi connectivity index (χ0) is 15.2. The second-order valence-corrected chi connectivity index (χ2v) is 4.76. The van der Waals surface area contributed by atoms with Crippen LogP contribution in [0.1, 0.15) is 20.3 Å². The van der Waals surface area contributed by atoms with E-state index < -0.39 is 4.92 Å². The maximum absolute atomic E-state index is 10.9. The van der Waals surface area contributed by atoms with Gasteiger partial charge in [0.05, 0.1) is 4.92 Å². The number of anilines is 1. The molecule has 0 unspecified atom stereocenters. The Labute approximate surface area is 123 Å². The summed E-state index contributed by atoms with van der Waals surface area (Å²) in [6.07, 6.45) is 1.11. The number of fused-ring (bicyclic) bond motifs is 1. The van der Waals surface area contributed by atoms with Gasteiger partial charge in [-0.05, 0) is 25.6 Å². The van der Waals surface area contributed by atoms with E-state index in [0.717, 1.165) is 26.1 Å². The SMILES string of the molecule is CCCN(CC)CCNc1nc2c([N+](=O)[O-])cccc2o1. The highest BCUT2D eigenvalue weighted by molar-refractivity contribution is 5.83. The summed E-state index contributed by atoms with van der Waals surface area (Å²) in [5.41, 5.74) is 0.670. The van der Waals surface area contributed by atoms with Gasteiger partial charge in [0.1, 0.15) is 0 Å². The highest BCUT2D eigenvalue weighted by atomic mass is 16.6. The first-order valence-corrected chi connectivity index (χ1v) is 7.15. The summed E-state index contributed by atoms with van der Waals surface area (Å²) < 4.78 is 5.49. The third-order valence-corrected chi connectivity index (χ3v) is 3.29. The van der Waals surface area contributed by atoms with Gasteiger partial charge in [0, 0.05) is 19.2 Å². The first-order chi connectivity index (χ1) is 10.2. The smallest absolute Gasteiger partial charge is 0.298 e. The maximum Gasteiger partial charge on any atom is 0.298 e. The number of nitro groups is 1. The van der Waals surface area contributed by atoms with Crippen molar-refractivity contribution in [2.75, 3.05) is 31.5 Å². The van der Waals surface area contributed by atoms with Gasteiger partial charge in [-0.3, -0.25) is 10.1 Å². The van der Waals surface area contributed by atoms with Crippen molar-refractivity contribution in [3.8, 4) is 0 Å². The molecule has 0 saturated heterocycles. The fourth-order valence-electron chi connectivity index (χ4n) is 2.22. The van der Waals surface area contributed by atoms with Gasteiger partial charge in [0.15, 0.2) is 11.1 Å². The Kier molecular flexibility index (Phi) is 5.10. The molecule has 0 aliphatic heterocycles. The van der Waals surface area contributed by atoms with Crippen molar-refractivity contribution in [1.29, 1.82) is 0 Å². The fourth-order valence-corrected chi connectivity index (χ4v) is 2.22. The second kappa shape index (κ2) is 7.03. The Hall–Kier alpha value is -2.15. The number of non-ortho nitro benzene ring substituents is 1. The van der Waals surface area contributed by atoms with Crippen LogP contribution in [0.4, 0.5) is 11.7 Å². The second-order valence-electron chi connectivity index (χ2n) is 4.76. The van der Waals surface area contributed by atoms with Gasteiger partial charge in [-0.1, -0.05) is 19.9 Å². The van der Waals surface area contributed by atoms with E-state index in [4.69, 9.17) is 4.42 Å². The Bertz CT molecular complexity index is 611. The molecule has 0 bridgehead atoms. The molecule has 1 N–H and O–H groups in total. The topological polar surface area (TPSA) is 84.4 Å². The number of hydrogen-bond donors (Lipinski definition) is 1. The van der Waals surface area contributed by atoms with Crippen molar-refractivity contribution >= 4 is 22.8 Å². The lowest BCUT2D eigenvalue weighted by atomic mass is 10.3. The summed E-state index contributed by atoms with van der Waals surface area (Å²) in [5.74, 6) is 0. The Morgan fingerprint density at radius 1 is 1.38 bits per heavy atom. The predicted octanol–water partition coefficient (Wildman–Crippen LogP) is 2.88. The molecule has 0 aliphatic rings. The maximum atomic E-state index is 10.9. The Balaban J connectivity index is 2.03. The molecule has 7 heteroatoms. The molecule has 1 aromatic carbocycles. The summed E-state index contributed by atoms with van der Waals surface area (Å²) in [4.78, 5) is 17.0. The number of hydrogen-bond acceptors (Lipinski definition) is 6. The van der Waals surface area contributed by atoms with E-state index in [1.165, 1.54) is 6.07 Å². The van der Waals surface area contributed by atoms with Crippen LogP contribution in [0.3, 0.4) is 0 Å². The summed E-state index contributed by atoms with van der Waals surface area (Å²) in [6.45, 7) is 7.89. The van der Waals surface area contributed by atoms with Crippen molar-refractivity contribution in [2.45, 2.75) is 20.3 Å². The quantitative estimate of drug-likeness (QED) is 0.595. The van der Waals surface area contributed by atoms with Gasteiger partial charge in [0.2, 0.25) is 0 Å². The number of nitrogens with one attached hydrogen (secondary N) is 1. The number of nitrogens with zero attached hydrogens (tertiary/aromatic N) is 3. The van der Waals surface area contributed by atoms with Crippen LogP contribution in [0.25, 0.3) is 11.1 Å². The van der Waals surface area contributed by atoms with Gasteiger partial charge in [-0.2, -0.15) is 4.98 Å². The third kappa shape index (κ3) is 3.69. The molecule has 0 saturated carbocycles. The average molecular weight is 292 g/mol. The molecule has 7 nitrogen and oxygen atoms in total. The molecular weight excluding hydrogens is 272 g/mol. The van der Waals surface area contributed by atoms with Crippen LogP contribution in [0, 0.1) is 10.1 Å². The van der Waals surface area contributed by atoms with Crippen molar-refractivity contribution in [1.82, 2.24) is 9.88 Å². The van der Waals surface area contributed by atoms with E-state index in [2.05, 4.69) is 29.0 Å². The third-order valence-electron chi connectivity index (χ3n) is 3.29. The Morgan fingerprint density at radius 2 is 2.19 bits per heavy atom. The Morgan fingerprint density at radius 3 is 2.86 bits per heavy atom. The van der Waals surface area contributed by atoms with Gasteiger partial charge >= 0.3 is 0 Å². The molecule has 0 atom stereocenters. The summed E-state index contributed by atoms with van der Waals surface area (Å²) in [7, 11) is 0. The van der Waals surface area contributed by atoms with E-state index in [1.807, 2.05) is 0 Å². The summed E-state index contributed by atoms with van der Waals surface area (Å²) in [5, 5.41) is 14.0. The minimum Gasteiger partial charge on any atom is -0.423 e. The van der Waals surface area contributed by atoms with Crippen LogP contribution in [0.15, 0.2) is 22.6 Å². The van der Waals surface area contributed by atoms with E-state index in [-0.39, 0.29) is 11.2 Å². The molecule has 0 aliphatic carbocycles. The van der Waals surface area contributed by atoms with Gasteiger partial charge in [-0.15, -0.1) is 0 Å². The standard InChI is InChI=1S/C14H20N4O3/c1-3-9-17(4-2)10-8-15-14-16-13-11(18(19)20)6-5-7-12(13)21-14/h5-7H,3-4,8-10H2,1-2H3,(H,15,16). The number of oxazole rings is 1. The number of para-hydroxylation sites is 1. The lowest BCUT2D eigenvalue weighted by molar-refractivity contribution is -0.383. The monoisotopic (exact) mass is 292 g/mol. The molecule has 21 heavy (non-hydrogen) atoms. The molecule has 2 aromatic rings. The fraction of sp³-hybridized carbons (Fsp3) is 0.500. The zero-order valence-electron chi connectivity index (χ0n) is 12.3. The molecule has 114 valence electrons. The summed E-state index contributed by atoms with van der Waals surface area (Å²) in [6, 6.07) is 5.02. The number of benzene rings is 1. The lowest BCUT2D eigenvalue weighted by Crippen LogP contribution is -2.29. The zero-order valence-corrected chi connectivity index (χ0v) is 12.3. The molecule has 1 aromatic heterocycles. The lowest BCUT2D eigenvalue weighted by Gasteiger charge is -2.18. The molecule has 0 radical (unpaired) electrons. The van der Waals surface area contributed by atoms with Crippen LogP contribution >= 0.6 is 0 Å². The highest BCUT2D eigenvalue weighted by Gasteiger charge is 2.17. The number of likely N-dealkylation sites (N-methyl/N-ethyl adjacent to an activating group) is 1. The number of nitro benzene ring substituents is 1. The molecular formula is C14H20N4O3. The van der Waals surface area contributed by atoms with Crippen LogP contribution in [0.2, 0.25) is 0 Å². The van der Waals surface area contributed by atoms with Gasteiger partial charge in [0.25, 0.3) is 11.7 Å². The van der Waals surface area contributed by atoms with Crippen molar-refractivity contribution < 1.29 is 9.34 Å². The highest BCUT2D eigenvalue weighted by Crippen LogP contribution is 2.27. The van der Waals surface area contributed by atoms with Gasteiger partial charge in [-0.25, -0.2) is 0 Å².